The van der Waals surface area contributed by atoms with Gasteiger partial charge in [-0.2, -0.15) is 0 Å². The van der Waals surface area contributed by atoms with Gasteiger partial charge in [0, 0.05) is 35.5 Å². The molecule has 0 saturated carbocycles. The Morgan fingerprint density at radius 3 is 2.38 bits per heavy atom. The van der Waals surface area contributed by atoms with Crippen LogP contribution >= 0.6 is 11.8 Å². The van der Waals surface area contributed by atoms with E-state index in [4.69, 9.17) is 9.47 Å². The summed E-state index contributed by atoms with van der Waals surface area (Å²) in [4.78, 5) is 24.3. The summed E-state index contributed by atoms with van der Waals surface area (Å²) in [5, 5.41) is 24.8. The van der Waals surface area contributed by atoms with Crippen LogP contribution in [0.4, 0.5) is 5.69 Å². The number of rotatable bonds is 10. The zero-order valence-corrected chi connectivity index (χ0v) is 24.5. The minimum atomic E-state index is -0.621. The van der Waals surface area contributed by atoms with Crippen LogP contribution in [0.25, 0.3) is 0 Å². The smallest absolute Gasteiger partial charge is 0.228 e. The van der Waals surface area contributed by atoms with E-state index >= 15 is 0 Å². The Morgan fingerprint density at radius 1 is 1.00 bits per heavy atom. The van der Waals surface area contributed by atoms with Gasteiger partial charge in [-0.25, -0.2) is 4.68 Å². The van der Waals surface area contributed by atoms with Crippen LogP contribution in [0.2, 0.25) is 0 Å². The molecule has 0 bridgehead atoms. The summed E-state index contributed by atoms with van der Waals surface area (Å²) >= 11 is 1.53. The van der Waals surface area contributed by atoms with Gasteiger partial charge in [-0.3, -0.25) is 9.59 Å². The first-order chi connectivity index (χ1) is 20.3. The number of Topliss-reactive ketones (excluding diaryl/α,β-unsaturated/α-hetero) is 1. The van der Waals surface area contributed by atoms with Gasteiger partial charge in [-0.1, -0.05) is 79.3 Å². The first-order valence-corrected chi connectivity index (χ1v) is 14.6. The highest BCUT2D eigenvalue weighted by molar-refractivity contribution is 7.99. The SMILES string of the molecule is CC(=O)c1cccc(NC(=O)Cc2ccc(C3O[C@H](CSc4nnnn4C)[C@H](C)[C@H](c4ccc(CO)cc4)O3)cc2)c1. The molecule has 3 aromatic carbocycles. The van der Waals surface area contributed by atoms with Gasteiger partial charge in [0.1, 0.15) is 0 Å². The van der Waals surface area contributed by atoms with Crippen molar-refractivity contribution in [3.05, 3.63) is 101 Å². The molecule has 2 heterocycles. The van der Waals surface area contributed by atoms with Crippen LogP contribution in [-0.4, -0.2) is 48.9 Å². The second kappa shape index (κ2) is 13.4. The normalized spacial score (nSPS) is 20.3. The molecule has 1 fully saturated rings. The second-order valence-electron chi connectivity index (χ2n) is 10.3. The lowest BCUT2D eigenvalue weighted by atomic mass is 9.91. The van der Waals surface area contributed by atoms with Crippen LogP contribution < -0.4 is 5.32 Å². The van der Waals surface area contributed by atoms with Crippen molar-refractivity contribution in [2.24, 2.45) is 13.0 Å². The summed E-state index contributed by atoms with van der Waals surface area (Å²) in [6, 6.07) is 22.3. The predicted octanol–water partition coefficient (Wildman–Crippen LogP) is 4.67. The number of ketones is 1. The van der Waals surface area contributed by atoms with Crippen molar-refractivity contribution in [2.75, 3.05) is 11.1 Å². The summed E-state index contributed by atoms with van der Waals surface area (Å²) in [5.41, 5.74) is 4.65. The van der Waals surface area contributed by atoms with Gasteiger partial charge in [0.15, 0.2) is 12.1 Å². The number of hydrogen-bond acceptors (Lipinski definition) is 9. The number of aliphatic hydroxyl groups is 1. The molecule has 1 saturated heterocycles. The van der Waals surface area contributed by atoms with E-state index in [-0.39, 0.29) is 42.8 Å². The Kier molecular flexibility index (Phi) is 9.43. The molecule has 1 aliphatic rings. The number of aliphatic hydroxyl groups excluding tert-OH is 1. The molecule has 1 amide bonds. The van der Waals surface area contributed by atoms with Crippen LogP contribution in [0, 0.1) is 5.92 Å². The van der Waals surface area contributed by atoms with E-state index in [9.17, 15) is 14.7 Å². The highest BCUT2D eigenvalue weighted by atomic mass is 32.2. The molecule has 4 aromatic rings. The number of nitrogens with one attached hydrogen (secondary N) is 1. The molecule has 4 atom stereocenters. The summed E-state index contributed by atoms with van der Waals surface area (Å²) in [5.74, 6) is 0.423. The lowest BCUT2D eigenvalue weighted by Gasteiger charge is -2.41. The Bertz CT molecular complexity index is 1530. The number of carbonyl (C=O) groups excluding carboxylic acids is 2. The Balaban J connectivity index is 1.29. The number of anilines is 1. The molecule has 42 heavy (non-hydrogen) atoms. The third kappa shape index (κ3) is 7.11. The van der Waals surface area contributed by atoms with Crippen molar-refractivity contribution in [2.45, 2.75) is 50.5 Å². The van der Waals surface area contributed by atoms with Crippen LogP contribution in [0.5, 0.6) is 0 Å². The fourth-order valence-corrected chi connectivity index (χ4v) is 5.82. The summed E-state index contributed by atoms with van der Waals surface area (Å²) in [6.07, 6.45) is -0.844. The quantitative estimate of drug-likeness (QED) is 0.201. The fourth-order valence-electron chi connectivity index (χ4n) is 4.81. The lowest BCUT2D eigenvalue weighted by Crippen LogP contribution is -2.38. The molecular weight excluding hydrogens is 554 g/mol. The van der Waals surface area contributed by atoms with Gasteiger partial charge in [0.25, 0.3) is 0 Å². The average Bonchev–Trinajstić information content (AvgIpc) is 3.41. The fraction of sp³-hybridized carbons (Fsp3) is 0.323. The number of aryl methyl sites for hydroxylation is 1. The number of aromatic nitrogens is 4. The summed E-state index contributed by atoms with van der Waals surface area (Å²) in [7, 11) is 1.80. The average molecular weight is 588 g/mol. The maximum absolute atomic E-state index is 12.7. The van der Waals surface area contributed by atoms with Gasteiger partial charge in [0.2, 0.25) is 11.1 Å². The van der Waals surface area contributed by atoms with Crippen molar-refractivity contribution in [3.63, 3.8) is 0 Å². The van der Waals surface area contributed by atoms with Crippen molar-refractivity contribution in [3.8, 4) is 0 Å². The maximum Gasteiger partial charge on any atom is 0.228 e. The second-order valence-corrected chi connectivity index (χ2v) is 11.3. The number of amides is 1. The molecule has 11 heteroatoms. The minimum absolute atomic E-state index is 0.0206. The van der Waals surface area contributed by atoms with Crippen molar-refractivity contribution < 1.29 is 24.2 Å². The molecule has 1 unspecified atom stereocenters. The largest absolute Gasteiger partial charge is 0.392 e. The predicted molar refractivity (Wildman–Crippen MR) is 158 cm³/mol. The van der Waals surface area contributed by atoms with Gasteiger partial charge >= 0.3 is 0 Å². The van der Waals surface area contributed by atoms with Crippen molar-refractivity contribution in [1.29, 1.82) is 0 Å². The van der Waals surface area contributed by atoms with Gasteiger partial charge in [-0.15, -0.1) is 5.10 Å². The molecule has 1 aliphatic heterocycles. The highest BCUT2D eigenvalue weighted by Gasteiger charge is 2.38. The van der Waals surface area contributed by atoms with Crippen molar-refractivity contribution in [1.82, 2.24) is 20.2 Å². The topological polar surface area (TPSA) is 128 Å². The van der Waals surface area contributed by atoms with Crippen molar-refractivity contribution >= 4 is 29.1 Å². The van der Waals surface area contributed by atoms with Crippen LogP contribution in [-0.2, 0) is 34.3 Å². The molecule has 0 aliphatic carbocycles. The third-order valence-electron chi connectivity index (χ3n) is 7.25. The van der Waals surface area contributed by atoms with Crippen LogP contribution in [0.1, 0.15) is 58.9 Å². The van der Waals surface area contributed by atoms with Crippen LogP contribution in [0.15, 0.2) is 78.0 Å². The Morgan fingerprint density at radius 2 is 1.71 bits per heavy atom. The number of thioether (sulfide) groups is 1. The number of nitrogens with zero attached hydrogens (tertiary/aromatic N) is 4. The Hall–Kier alpha value is -3.90. The van der Waals surface area contributed by atoms with E-state index in [1.807, 2.05) is 48.5 Å². The minimum Gasteiger partial charge on any atom is -0.392 e. The first-order valence-electron chi connectivity index (χ1n) is 13.7. The van der Waals surface area contributed by atoms with E-state index < -0.39 is 6.29 Å². The van der Waals surface area contributed by atoms with Gasteiger partial charge in [-0.05, 0) is 46.2 Å². The standard InChI is InChI=1S/C31H33N5O5S/c1-19-27(18-42-31-33-34-35-36(31)3)40-30(41-29(19)23-11-9-22(17-37)10-12-23)24-13-7-21(8-14-24)15-28(39)32-26-6-4-5-25(16-26)20(2)38/h4-14,16,19,27,29-30,37H,15,17-18H2,1-3H3,(H,32,39)/t19-,27+,29+,30?/m0/s1. The maximum atomic E-state index is 12.7. The Labute approximate surface area is 248 Å². The number of benzene rings is 3. The zero-order valence-electron chi connectivity index (χ0n) is 23.6. The molecule has 5 rings (SSSR count). The molecule has 1 aromatic heterocycles. The summed E-state index contributed by atoms with van der Waals surface area (Å²) < 4.78 is 14.6. The first kappa shape index (κ1) is 29.6. The molecular formula is C31H33N5O5S. The monoisotopic (exact) mass is 587 g/mol. The molecule has 0 spiro atoms. The number of tetrazole rings is 1. The summed E-state index contributed by atoms with van der Waals surface area (Å²) in [6.45, 7) is 3.58. The number of ether oxygens (including phenoxy) is 2. The van der Waals surface area contributed by atoms with Gasteiger partial charge < -0.3 is 19.9 Å². The van der Waals surface area contributed by atoms with Gasteiger partial charge in [0.05, 0.1) is 25.2 Å². The lowest BCUT2D eigenvalue weighted by molar-refractivity contribution is -0.268. The van der Waals surface area contributed by atoms with E-state index in [0.717, 1.165) is 22.3 Å². The van der Waals surface area contributed by atoms with E-state index in [1.165, 1.54) is 18.7 Å². The zero-order chi connectivity index (χ0) is 29.6. The van der Waals surface area contributed by atoms with E-state index in [0.29, 0.717) is 22.2 Å². The molecule has 218 valence electrons. The third-order valence-corrected chi connectivity index (χ3v) is 8.35. The van der Waals surface area contributed by atoms with Crippen LogP contribution in [0.3, 0.4) is 0 Å². The number of hydrogen-bond donors (Lipinski definition) is 2. The highest BCUT2D eigenvalue weighted by Crippen LogP contribution is 2.42. The molecule has 0 radical (unpaired) electrons. The number of carbonyl (C=O) groups is 2. The van der Waals surface area contributed by atoms with E-state index in [1.54, 1.807) is 36.0 Å². The molecule has 2 N–H and O–H groups in total. The van der Waals surface area contributed by atoms with E-state index in [2.05, 4.69) is 27.8 Å². The molecule has 10 nitrogen and oxygen atoms in total.